The number of thioether (sulfide) groups is 1. The quantitative estimate of drug-likeness (QED) is 0.373. The lowest BCUT2D eigenvalue weighted by molar-refractivity contribution is -0.139. The van der Waals surface area contributed by atoms with Crippen molar-refractivity contribution in [3.05, 3.63) is 68.4 Å². The molecule has 9 heteroatoms. The molecule has 2 aromatic rings. The molecule has 1 fully saturated rings. The Kier molecular flexibility index (Phi) is 10.4. The van der Waals surface area contributed by atoms with E-state index < -0.39 is 11.9 Å². The van der Waals surface area contributed by atoms with Crippen molar-refractivity contribution >= 4 is 58.4 Å². The number of halogens is 4. The van der Waals surface area contributed by atoms with Gasteiger partial charge >= 0.3 is 0 Å². The Morgan fingerprint density at radius 1 is 1.09 bits per heavy atom. The van der Waals surface area contributed by atoms with Crippen molar-refractivity contribution in [2.75, 3.05) is 5.75 Å². The zero-order chi connectivity index (χ0) is 24.7. The van der Waals surface area contributed by atoms with Crippen molar-refractivity contribution in [3.8, 4) is 0 Å². The molecule has 4 nitrogen and oxygen atoms in total. The molecule has 0 bridgehead atoms. The van der Waals surface area contributed by atoms with Crippen LogP contribution in [0.2, 0.25) is 15.1 Å². The fraction of sp³-hybridized carbons (Fsp3) is 0.440. The first-order valence-corrected chi connectivity index (χ1v) is 13.6. The molecule has 0 spiro atoms. The third kappa shape index (κ3) is 7.51. The van der Waals surface area contributed by atoms with Gasteiger partial charge in [0, 0.05) is 28.9 Å². The lowest BCUT2D eigenvalue weighted by Crippen LogP contribution is -2.50. The summed E-state index contributed by atoms with van der Waals surface area (Å²) in [6, 6.07) is 9.12. The summed E-state index contributed by atoms with van der Waals surface area (Å²) in [5, 5.41) is 4.23. The van der Waals surface area contributed by atoms with Gasteiger partial charge in [0.2, 0.25) is 11.8 Å². The fourth-order valence-corrected chi connectivity index (χ4v) is 5.55. The number of rotatable bonds is 9. The highest BCUT2D eigenvalue weighted by molar-refractivity contribution is 7.99. The van der Waals surface area contributed by atoms with Crippen molar-refractivity contribution in [1.82, 2.24) is 10.2 Å². The predicted octanol–water partition coefficient (Wildman–Crippen LogP) is 6.89. The number of carbonyl (C=O) groups is 2. The van der Waals surface area contributed by atoms with Crippen LogP contribution in [0, 0.1) is 5.82 Å². The van der Waals surface area contributed by atoms with E-state index in [0.29, 0.717) is 20.6 Å². The molecular formula is C25H28Cl3FN2O2S. The van der Waals surface area contributed by atoms with E-state index in [2.05, 4.69) is 5.32 Å². The highest BCUT2D eigenvalue weighted by atomic mass is 35.5. The molecule has 1 aliphatic carbocycles. The summed E-state index contributed by atoms with van der Waals surface area (Å²) in [7, 11) is 0. The topological polar surface area (TPSA) is 49.4 Å². The van der Waals surface area contributed by atoms with Crippen LogP contribution in [0.15, 0.2) is 36.4 Å². The van der Waals surface area contributed by atoms with E-state index in [1.807, 2.05) is 0 Å². The molecule has 0 aliphatic heterocycles. The summed E-state index contributed by atoms with van der Waals surface area (Å²) < 4.78 is 14.1. The minimum atomic E-state index is -0.679. The Labute approximate surface area is 219 Å². The molecule has 184 valence electrons. The van der Waals surface area contributed by atoms with Gasteiger partial charge < -0.3 is 10.2 Å². The van der Waals surface area contributed by atoms with Crippen LogP contribution < -0.4 is 5.32 Å². The van der Waals surface area contributed by atoms with E-state index in [0.717, 1.165) is 31.2 Å². The number of amides is 2. The lowest BCUT2D eigenvalue weighted by Gasteiger charge is -2.31. The van der Waals surface area contributed by atoms with E-state index in [-0.39, 0.29) is 35.9 Å². The molecule has 1 atom stereocenters. The fourth-order valence-electron chi connectivity index (χ4n) is 3.98. The van der Waals surface area contributed by atoms with Gasteiger partial charge in [0.15, 0.2) is 0 Å². The van der Waals surface area contributed by atoms with Gasteiger partial charge in [-0.25, -0.2) is 4.39 Å². The molecule has 0 radical (unpaired) electrons. The standard InChI is InChI=1S/C25H28Cl3FN2O2S/c1-16(25(33)30-18-6-3-2-4-7-18)31(13-17-10-11-21(27)22(28)12-17)24(32)15-34-14-19-20(26)8-5-9-23(19)29/h5,8-12,16,18H,2-4,6-7,13-15H2,1H3,(H,30,33). The average molecular weight is 546 g/mol. The van der Waals surface area contributed by atoms with Crippen molar-refractivity contribution in [2.24, 2.45) is 0 Å². The minimum Gasteiger partial charge on any atom is -0.352 e. The van der Waals surface area contributed by atoms with Crippen LogP contribution in [0.1, 0.15) is 50.2 Å². The molecule has 0 aromatic heterocycles. The highest BCUT2D eigenvalue weighted by Gasteiger charge is 2.28. The molecule has 2 aromatic carbocycles. The van der Waals surface area contributed by atoms with Gasteiger partial charge in [-0.3, -0.25) is 9.59 Å². The molecule has 1 N–H and O–H groups in total. The van der Waals surface area contributed by atoms with E-state index >= 15 is 0 Å². The molecule has 1 saturated carbocycles. The SMILES string of the molecule is CC(C(=O)NC1CCCCC1)N(Cc1ccc(Cl)c(Cl)c1)C(=O)CSCc1c(F)cccc1Cl. The van der Waals surface area contributed by atoms with E-state index in [1.54, 1.807) is 37.3 Å². The van der Waals surface area contributed by atoms with E-state index in [4.69, 9.17) is 34.8 Å². The van der Waals surface area contributed by atoms with Crippen molar-refractivity contribution in [2.45, 2.75) is 63.4 Å². The zero-order valence-corrected chi connectivity index (χ0v) is 22.0. The minimum absolute atomic E-state index is 0.0764. The first kappa shape index (κ1) is 27.1. The first-order valence-electron chi connectivity index (χ1n) is 11.3. The second-order valence-electron chi connectivity index (χ2n) is 8.48. The van der Waals surface area contributed by atoms with E-state index in [1.165, 1.54) is 29.1 Å². The van der Waals surface area contributed by atoms with Gasteiger partial charge in [-0.2, -0.15) is 0 Å². The summed E-state index contributed by atoms with van der Waals surface area (Å²) in [4.78, 5) is 27.8. The summed E-state index contributed by atoms with van der Waals surface area (Å²) >= 11 is 19.6. The van der Waals surface area contributed by atoms with Crippen molar-refractivity contribution < 1.29 is 14.0 Å². The Morgan fingerprint density at radius 2 is 1.82 bits per heavy atom. The van der Waals surface area contributed by atoms with Gasteiger partial charge in [-0.05, 0) is 49.6 Å². The number of hydrogen-bond acceptors (Lipinski definition) is 3. The van der Waals surface area contributed by atoms with Gasteiger partial charge in [0.25, 0.3) is 0 Å². The van der Waals surface area contributed by atoms with Crippen LogP contribution in [0.4, 0.5) is 4.39 Å². The predicted molar refractivity (Wildman–Crippen MR) is 139 cm³/mol. The number of hydrogen-bond donors (Lipinski definition) is 1. The zero-order valence-electron chi connectivity index (χ0n) is 19.0. The Hall–Kier alpha value is -1.47. The first-order chi connectivity index (χ1) is 16.3. The van der Waals surface area contributed by atoms with Gasteiger partial charge in [0.05, 0.1) is 15.8 Å². The second kappa shape index (κ2) is 13.0. The maximum Gasteiger partial charge on any atom is 0.242 e. The molecular weight excluding hydrogens is 518 g/mol. The molecule has 1 aliphatic rings. The van der Waals surface area contributed by atoms with Crippen LogP contribution in [0.5, 0.6) is 0 Å². The third-order valence-electron chi connectivity index (χ3n) is 5.99. The second-order valence-corrected chi connectivity index (χ2v) is 10.7. The maximum absolute atomic E-state index is 14.1. The average Bonchev–Trinajstić information content (AvgIpc) is 2.81. The van der Waals surface area contributed by atoms with Crippen LogP contribution in [0.3, 0.4) is 0 Å². The summed E-state index contributed by atoms with van der Waals surface area (Å²) in [6.07, 6.45) is 5.30. The number of nitrogens with one attached hydrogen (secondary N) is 1. The van der Waals surface area contributed by atoms with Crippen LogP contribution in [-0.2, 0) is 21.9 Å². The van der Waals surface area contributed by atoms with Crippen molar-refractivity contribution in [1.29, 1.82) is 0 Å². The monoisotopic (exact) mass is 544 g/mol. The van der Waals surface area contributed by atoms with Gasteiger partial charge in [-0.15, -0.1) is 11.8 Å². The summed E-state index contributed by atoms with van der Waals surface area (Å²) in [5.41, 5.74) is 1.13. The lowest BCUT2D eigenvalue weighted by atomic mass is 9.95. The summed E-state index contributed by atoms with van der Waals surface area (Å²) in [5.74, 6) is -0.481. The number of nitrogens with zero attached hydrogens (tertiary/aromatic N) is 1. The Balaban J connectivity index is 1.70. The van der Waals surface area contributed by atoms with Crippen LogP contribution in [0.25, 0.3) is 0 Å². The molecule has 2 amide bonds. The smallest absolute Gasteiger partial charge is 0.242 e. The number of carbonyl (C=O) groups excluding carboxylic acids is 2. The molecule has 34 heavy (non-hydrogen) atoms. The van der Waals surface area contributed by atoms with Crippen LogP contribution >= 0.6 is 46.6 Å². The molecule has 3 rings (SSSR count). The Morgan fingerprint density at radius 3 is 2.50 bits per heavy atom. The molecule has 0 saturated heterocycles. The largest absolute Gasteiger partial charge is 0.352 e. The number of benzene rings is 2. The molecule has 0 heterocycles. The molecule has 1 unspecified atom stereocenters. The van der Waals surface area contributed by atoms with Gasteiger partial charge in [-0.1, -0.05) is 66.2 Å². The Bertz CT molecular complexity index is 997. The summed E-state index contributed by atoms with van der Waals surface area (Å²) in [6.45, 7) is 1.93. The normalized spacial score (nSPS) is 15.1. The van der Waals surface area contributed by atoms with Gasteiger partial charge in [0.1, 0.15) is 11.9 Å². The maximum atomic E-state index is 14.1. The third-order valence-corrected chi connectivity index (χ3v) is 8.03. The van der Waals surface area contributed by atoms with Crippen molar-refractivity contribution in [3.63, 3.8) is 0 Å². The van der Waals surface area contributed by atoms with E-state index in [9.17, 15) is 14.0 Å². The highest BCUT2D eigenvalue weighted by Crippen LogP contribution is 2.26. The van der Waals surface area contributed by atoms with Crippen LogP contribution in [-0.4, -0.2) is 34.6 Å².